The molecular weight excluding hydrogens is 262 g/mol. The fourth-order valence-corrected chi connectivity index (χ4v) is 1.69. The summed E-state index contributed by atoms with van der Waals surface area (Å²) in [6, 6.07) is 7.27. The number of methoxy groups -OCH3 is 2. The number of hydrogen-bond donors (Lipinski definition) is 1. The topological polar surface area (TPSA) is 76.1 Å². The molecule has 0 saturated heterocycles. The predicted octanol–water partition coefficient (Wildman–Crippen LogP) is 1.14. The average molecular weight is 281 g/mol. The van der Waals surface area contributed by atoms with Gasteiger partial charge in [-0.1, -0.05) is 12.1 Å². The van der Waals surface area contributed by atoms with Crippen molar-refractivity contribution in [3.05, 3.63) is 29.8 Å². The Bertz CT molecular complexity index is 443. The van der Waals surface area contributed by atoms with Crippen molar-refractivity contribution >= 4 is 11.9 Å². The van der Waals surface area contributed by atoms with Gasteiger partial charge >= 0.3 is 5.97 Å². The fourth-order valence-electron chi connectivity index (χ4n) is 1.69. The van der Waals surface area contributed by atoms with Gasteiger partial charge in [-0.2, -0.15) is 0 Å². The Balaban J connectivity index is 2.70. The van der Waals surface area contributed by atoms with Crippen LogP contribution < -0.4 is 4.74 Å². The number of carboxylic acids is 1. The van der Waals surface area contributed by atoms with Gasteiger partial charge in [-0.3, -0.25) is 9.59 Å². The second-order valence-corrected chi connectivity index (χ2v) is 4.24. The van der Waals surface area contributed by atoms with Crippen LogP contribution in [0.2, 0.25) is 0 Å². The monoisotopic (exact) mass is 281 g/mol. The number of ether oxygens (including phenoxy) is 2. The molecule has 0 aliphatic heterocycles. The Morgan fingerprint density at radius 1 is 1.20 bits per heavy atom. The third-order valence-electron chi connectivity index (χ3n) is 2.75. The number of rotatable bonds is 8. The molecule has 0 aromatic heterocycles. The lowest BCUT2D eigenvalue weighted by Crippen LogP contribution is -2.35. The molecule has 0 fully saturated rings. The molecule has 1 amide bonds. The summed E-state index contributed by atoms with van der Waals surface area (Å²) in [6.07, 6.45) is -0.0917. The third kappa shape index (κ3) is 5.27. The molecule has 0 atom stereocenters. The quantitative estimate of drug-likeness (QED) is 0.773. The zero-order valence-corrected chi connectivity index (χ0v) is 11.7. The van der Waals surface area contributed by atoms with Gasteiger partial charge in [0.1, 0.15) is 12.4 Å². The van der Waals surface area contributed by atoms with E-state index in [1.54, 1.807) is 19.2 Å². The molecule has 6 heteroatoms. The van der Waals surface area contributed by atoms with E-state index in [9.17, 15) is 9.59 Å². The molecule has 0 unspecified atom stereocenters. The Kier molecular flexibility index (Phi) is 6.52. The maximum absolute atomic E-state index is 11.9. The Morgan fingerprint density at radius 3 is 2.35 bits per heavy atom. The van der Waals surface area contributed by atoms with Crippen LogP contribution in [0, 0.1) is 0 Å². The molecule has 1 N–H and O–H groups in total. The van der Waals surface area contributed by atoms with Crippen molar-refractivity contribution in [2.75, 3.05) is 27.4 Å². The average Bonchev–Trinajstić information content (AvgIpc) is 2.44. The first kappa shape index (κ1) is 16.0. The van der Waals surface area contributed by atoms with E-state index in [4.69, 9.17) is 14.6 Å². The van der Waals surface area contributed by atoms with Crippen LogP contribution in [-0.2, 0) is 20.9 Å². The van der Waals surface area contributed by atoms with Crippen LogP contribution in [0.4, 0.5) is 0 Å². The molecule has 0 bridgehead atoms. The number of benzene rings is 1. The first-order chi connectivity index (χ1) is 9.56. The van der Waals surface area contributed by atoms with E-state index in [0.717, 1.165) is 11.3 Å². The summed E-state index contributed by atoms with van der Waals surface area (Å²) in [4.78, 5) is 24.0. The van der Waals surface area contributed by atoms with Gasteiger partial charge in [-0.15, -0.1) is 0 Å². The van der Waals surface area contributed by atoms with E-state index in [-0.39, 0.29) is 25.5 Å². The van der Waals surface area contributed by atoms with Crippen molar-refractivity contribution in [2.45, 2.75) is 13.0 Å². The molecule has 0 radical (unpaired) electrons. The summed E-state index contributed by atoms with van der Waals surface area (Å²) in [5.74, 6) is -0.437. The molecule has 1 aromatic carbocycles. The Labute approximate surface area is 117 Å². The lowest BCUT2D eigenvalue weighted by Gasteiger charge is -2.22. The predicted molar refractivity (Wildman–Crippen MR) is 72.5 cm³/mol. The van der Waals surface area contributed by atoms with E-state index in [1.807, 2.05) is 12.1 Å². The summed E-state index contributed by atoms with van der Waals surface area (Å²) in [5, 5.41) is 8.72. The van der Waals surface area contributed by atoms with Crippen molar-refractivity contribution in [3.63, 3.8) is 0 Å². The van der Waals surface area contributed by atoms with Crippen molar-refractivity contribution in [3.8, 4) is 5.75 Å². The van der Waals surface area contributed by atoms with Gasteiger partial charge in [0, 0.05) is 20.2 Å². The minimum atomic E-state index is -0.935. The molecule has 0 saturated carbocycles. The lowest BCUT2D eigenvalue weighted by atomic mass is 10.2. The number of carboxylic acid groups (broad SMARTS) is 1. The standard InChI is InChI=1S/C14H19NO5/c1-19-10-13(16)15(8-7-14(17)18)9-11-3-5-12(20-2)6-4-11/h3-6H,7-10H2,1-2H3,(H,17,18). The van der Waals surface area contributed by atoms with Crippen LogP contribution in [0.5, 0.6) is 5.75 Å². The number of nitrogens with zero attached hydrogens (tertiary/aromatic N) is 1. The second kappa shape index (κ2) is 8.16. The minimum absolute atomic E-state index is 0.0597. The summed E-state index contributed by atoms with van der Waals surface area (Å²) < 4.78 is 9.87. The van der Waals surface area contributed by atoms with E-state index < -0.39 is 5.97 Å². The largest absolute Gasteiger partial charge is 0.497 e. The fraction of sp³-hybridized carbons (Fsp3) is 0.429. The molecule has 0 heterocycles. The molecule has 1 rings (SSSR count). The smallest absolute Gasteiger partial charge is 0.305 e. The van der Waals surface area contributed by atoms with Crippen molar-refractivity contribution in [1.29, 1.82) is 0 Å². The molecule has 20 heavy (non-hydrogen) atoms. The molecule has 6 nitrogen and oxygen atoms in total. The highest BCUT2D eigenvalue weighted by molar-refractivity contribution is 5.78. The van der Waals surface area contributed by atoms with Gasteiger partial charge in [-0.05, 0) is 17.7 Å². The van der Waals surface area contributed by atoms with E-state index in [1.165, 1.54) is 12.0 Å². The first-order valence-corrected chi connectivity index (χ1v) is 6.18. The Hall–Kier alpha value is -2.08. The van der Waals surface area contributed by atoms with Crippen LogP contribution in [0.25, 0.3) is 0 Å². The second-order valence-electron chi connectivity index (χ2n) is 4.24. The molecule has 1 aromatic rings. The summed E-state index contributed by atoms with van der Waals surface area (Å²) in [7, 11) is 3.01. The number of carbonyl (C=O) groups is 2. The molecular formula is C14H19NO5. The third-order valence-corrected chi connectivity index (χ3v) is 2.75. The van der Waals surface area contributed by atoms with Crippen LogP contribution >= 0.6 is 0 Å². The van der Waals surface area contributed by atoms with Crippen LogP contribution in [-0.4, -0.2) is 49.3 Å². The molecule has 0 spiro atoms. The Morgan fingerprint density at radius 2 is 1.85 bits per heavy atom. The number of aliphatic carboxylic acids is 1. The number of carbonyl (C=O) groups excluding carboxylic acids is 1. The van der Waals surface area contributed by atoms with Crippen LogP contribution in [0.1, 0.15) is 12.0 Å². The van der Waals surface area contributed by atoms with Gasteiger partial charge in [0.15, 0.2) is 0 Å². The number of amides is 1. The highest BCUT2D eigenvalue weighted by Gasteiger charge is 2.15. The minimum Gasteiger partial charge on any atom is -0.497 e. The van der Waals surface area contributed by atoms with E-state index in [2.05, 4.69) is 0 Å². The van der Waals surface area contributed by atoms with Crippen LogP contribution in [0.3, 0.4) is 0 Å². The van der Waals surface area contributed by atoms with Crippen molar-refractivity contribution in [2.24, 2.45) is 0 Å². The maximum atomic E-state index is 11.9. The summed E-state index contributed by atoms with van der Waals surface area (Å²) >= 11 is 0. The van der Waals surface area contributed by atoms with E-state index >= 15 is 0 Å². The molecule has 0 aliphatic carbocycles. The zero-order valence-electron chi connectivity index (χ0n) is 11.7. The lowest BCUT2D eigenvalue weighted by molar-refractivity contribution is -0.140. The van der Waals surface area contributed by atoms with Gasteiger partial charge in [0.05, 0.1) is 13.5 Å². The van der Waals surface area contributed by atoms with Crippen molar-refractivity contribution < 1.29 is 24.2 Å². The van der Waals surface area contributed by atoms with Gasteiger partial charge in [-0.25, -0.2) is 0 Å². The zero-order chi connectivity index (χ0) is 15.0. The first-order valence-electron chi connectivity index (χ1n) is 6.18. The SMILES string of the molecule is COCC(=O)N(CCC(=O)O)Cc1ccc(OC)cc1. The van der Waals surface area contributed by atoms with Gasteiger partial charge in [0.25, 0.3) is 0 Å². The van der Waals surface area contributed by atoms with Gasteiger partial charge < -0.3 is 19.5 Å². The highest BCUT2D eigenvalue weighted by atomic mass is 16.5. The normalized spacial score (nSPS) is 10.1. The summed E-state index contributed by atoms with van der Waals surface area (Å²) in [5.41, 5.74) is 0.903. The van der Waals surface area contributed by atoms with Crippen molar-refractivity contribution in [1.82, 2.24) is 4.90 Å². The number of hydrogen-bond acceptors (Lipinski definition) is 4. The highest BCUT2D eigenvalue weighted by Crippen LogP contribution is 2.13. The van der Waals surface area contributed by atoms with Gasteiger partial charge in [0.2, 0.25) is 5.91 Å². The molecule has 110 valence electrons. The summed E-state index contributed by atoms with van der Waals surface area (Å²) in [6.45, 7) is 0.443. The molecule has 0 aliphatic rings. The van der Waals surface area contributed by atoms with E-state index in [0.29, 0.717) is 6.54 Å². The van der Waals surface area contributed by atoms with Crippen LogP contribution in [0.15, 0.2) is 24.3 Å². The maximum Gasteiger partial charge on any atom is 0.305 e.